The number of rotatable bonds is 7. The fourth-order valence-electron chi connectivity index (χ4n) is 3.92. The van der Waals surface area contributed by atoms with Crippen molar-refractivity contribution in [3.05, 3.63) is 126 Å². The minimum atomic E-state index is -2.20. The maximum absolute atomic E-state index is 4.29. The van der Waals surface area contributed by atoms with Crippen molar-refractivity contribution in [3.8, 4) is 0 Å². The zero-order valence-electron chi connectivity index (χ0n) is 16.5. The molecule has 29 heavy (non-hydrogen) atoms. The summed E-state index contributed by atoms with van der Waals surface area (Å²) in [6.45, 7) is 0. The van der Waals surface area contributed by atoms with Crippen molar-refractivity contribution in [1.82, 2.24) is 0 Å². The zero-order chi connectivity index (χ0) is 19.9. The second-order valence-corrected chi connectivity index (χ2v) is 14.0. The van der Waals surface area contributed by atoms with Gasteiger partial charge in [-0.15, -0.1) is 0 Å². The monoisotopic (exact) mass is 460 g/mol. The van der Waals surface area contributed by atoms with Crippen LogP contribution in [0.1, 0.15) is 17.5 Å². The van der Waals surface area contributed by atoms with Crippen LogP contribution in [0.3, 0.4) is 0 Å². The Hall–Kier alpha value is -2.21. The quantitative estimate of drug-likeness (QED) is 0.288. The molecule has 0 fully saturated rings. The van der Waals surface area contributed by atoms with Gasteiger partial charge in [0, 0.05) is 0 Å². The van der Waals surface area contributed by atoms with Crippen molar-refractivity contribution < 1.29 is 0 Å². The molecule has 0 amide bonds. The summed E-state index contributed by atoms with van der Waals surface area (Å²) in [6.07, 6.45) is 3.39. The SMILES string of the molecule is Br[PH](c1ccccc1)(c1ccccc1)c1cccc(CCCc2ccccc2)c1. The van der Waals surface area contributed by atoms with E-state index in [0.717, 1.165) is 12.8 Å². The molecule has 0 N–H and O–H groups in total. The second kappa shape index (κ2) is 9.53. The van der Waals surface area contributed by atoms with E-state index in [-0.39, 0.29) is 0 Å². The van der Waals surface area contributed by atoms with Crippen LogP contribution in [-0.2, 0) is 12.8 Å². The molecule has 4 rings (SSSR count). The van der Waals surface area contributed by atoms with Crippen molar-refractivity contribution in [2.45, 2.75) is 19.3 Å². The van der Waals surface area contributed by atoms with Crippen LogP contribution in [0.15, 0.2) is 115 Å². The standard InChI is InChI=1S/C27H26BrP/c28-29(25-17-6-2-7-18-25,26-19-8-3-9-20-26)27-21-11-16-24(22-27)15-10-14-23-12-4-1-5-13-23/h1-9,11-13,16-22,29H,10,14-15H2. The summed E-state index contributed by atoms with van der Waals surface area (Å²) in [7, 11) is 0. The van der Waals surface area contributed by atoms with E-state index in [9.17, 15) is 0 Å². The van der Waals surface area contributed by atoms with Gasteiger partial charge < -0.3 is 0 Å². The molecular weight excluding hydrogens is 435 g/mol. The zero-order valence-corrected chi connectivity index (χ0v) is 19.1. The predicted octanol–water partition coefficient (Wildman–Crippen LogP) is 6.20. The average Bonchev–Trinajstić information content (AvgIpc) is 2.81. The molecule has 0 nitrogen and oxygen atoms in total. The van der Waals surface area contributed by atoms with Gasteiger partial charge in [0.1, 0.15) is 0 Å². The molecule has 0 aromatic heterocycles. The molecule has 146 valence electrons. The van der Waals surface area contributed by atoms with E-state index in [1.54, 1.807) is 0 Å². The molecule has 0 spiro atoms. The van der Waals surface area contributed by atoms with E-state index in [1.165, 1.54) is 33.5 Å². The number of halogens is 1. The fourth-order valence-corrected chi connectivity index (χ4v) is 9.26. The van der Waals surface area contributed by atoms with Gasteiger partial charge in [0.25, 0.3) is 0 Å². The molecule has 0 atom stereocenters. The Morgan fingerprint density at radius 3 is 1.52 bits per heavy atom. The van der Waals surface area contributed by atoms with Crippen molar-refractivity contribution in [1.29, 1.82) is 0 Å². The van der Waals surface area contributed by atoms with Crippen LogP contribution >= 0.6 is 21.5 Å². The van der Waals surface area contributed by atoms with E-state index in [1.807, 2.05) is 0 Å². The number of aryl methyl sites for hydroxylation is 2. The topological polar surface area (TPSA) is 0 Å². The molecular formula is C27H26BrP. The van der Waals surface area contributed by atoms with Gasteiger partial charge in [-0.1, -0.05) is 0 Å². The molecule has 0 aliphatic heterocycles. The summed E-state index contributed by atoms with van der Waals surface area (Å²) < 4.78 is 0. The molecule has 0 unspecified atom stereocenters. The van der Waals surface area contributed by atoms with E-state index >= 15 is 0 Å². The Bertz CT molecular complexity index is 990. The van der Waals surface area contributed by atoms with Crippen LogP contribution in [0.4, 0.5) is 0 Å². The van der Waals surface area contributed by atoms with Crippen LogP contribution in [0.2, 0.25) is 0 Å². The van der Waals surface area contributed by atoms with Gasteiger partial charge in [-0.05, 0) is 0 Å². The Morgan fingerprint density at radius 1 is 0.483 bits per heavy atom. The van der Waals surface area contributed by atoms with Gasteiger partial charge in [0.05, 0.1) is 0 Å². The van der Waals surface area contributed by atoms with E-state index in [4.69, 9.17) is 0 Å². The minimum absolute atomic E-state index is 1.10. The third-order valence-corrected chi connectivity index (χ3v) is 12.9. The van der Waals surface area contributed by atoms with Gasteiger partial charge in [-0.25, -0.2) is 0 Å². The third kappa shape index (κ3) is 4.69. The summed E-state index contributed by atoms with van der Waals surface area (Å²) in [4.78, 5) is 0. The number of benzene rings is 4. The summed E-state index contributed by atoms with van der Waals surface area (Å²) in [5.74, 6) is -2.20. The normalized spacial score (nSPS) is 11.9. The maximum atomic E-state index is 4.29. The Morgan fingerprint density at radius 2 is 0.931 bits per heavy atom. The molecule has 4 aromatic carbocycles. The van der Waals surface area contributed by atoms with Crippen LogP contribution < -0.4 is 15.9 Å². The van der Waals surface area contributed by atoms with Gasteiger partial charge in [0.15, 0.2) is 0 Å². The first kappa shape index (κ1) is 20.1. The summed E-state index contributed by atoms with van der Waals surface area (Å²) >= 11 is 4.29. The predicted molar refractivity (Wildman–Crippen MR) is 134 cm³/mol. The molecule has 0 bridgehead atoms. The molecule has 0 aliphatic rings. The fraction of sp³-hybridized carbons (Fsp3) is 0.111. The average molecular weight is 461 g/mol. The molecule has 0 radical (unpaired) electrons. The first-order chi connectivity index (χ1) is 14.3. The summed E-state index contributed by atoms with van der Waals surface area (Å²) in [5, 5.41) is 4.17. The van der Waals surface area contributed by atoms with Gasteiger partial charge in [-0.3, -0.25) is 0 Å². The van der Waals surface area contributed by atoms with Crippen molar-refractivity contribution in [2.24, 2.45) is 0 Å². The van der Waals surface area contributed by atoms with Gasteiger partial charge in [0.2, 0.25) is 0 Å². The molecule has 0 saturated carbocycles. The molecule has 2 heteroatoms. The first-order valence-corrected chi connectivity index (χ1v) is 14.5. The van der Waals surface area contributed by atoms with Crippen LogP contribution in [-0.4, -0.2) is 0 Å². The molecule has 0 heterocycles. The second-order valence-electron chi connectivity index (χ2n) is 7.43. The number of hydrogen-bond acceptors (Lipinski definition) is 0. The molecule has 4 aromatic rings. The van der Waals surface area contributed by atoms with E-state index in [2.05, 4.69) is 131 Å². The third-order valence-electron chi connectivity index (χ3n) is 5.44. The van der Waals surface area contributed by atoms with Crippen LogP contribution in [0.25, 0.3) is 0 Å². The van der Waals surface area contributed by atoms with Gasteiger partial charge in [-0.2, -0.15) is 0 Å². The van der Waals surface area contributed by atoms with Gasteiger partial charge >= 0.3 is 183 Å². The van der Waals surface area contributed by atoms with Crippen LogP contribution in [0, 0.1) is 0 Å². The van der Waals surface area contributed by atoms with Crippen molar-refractivity contribution >= 4 is 37.4 Å². The Balaban J connectivity index is 1.63. The summed E-state index contributed by atoms with van der Waals surface area (Å²) in [6, 6.07) is 41.8. The number of hydrogen-bond donors (Lipinski definition) is 0. The first-order valence-electron chi connectivity index (χ1n) is 10.2. The Kier molecular flexibility index (Phi) is 6.60. The van der Waals surface area contributed by atoms with Crippen molar-refractivity contribution in [2.75, 3.05) is 0 Å². The Labute approximate surface area is 182 Å². The summed E-state index contributed by atoms with van der Waals surface area (Å²) in [5.41, 5.74) is 2.84. The van der Waals surface area contributed by atoms with E-state index in [0.29, 0.717) is 0 Å². The van der Waals surface area contributed by atoms with Crippen LogP contribution in [0.5, 0.6) is 0 Å². The molecule has 0 saturated heterocycles. The molecule has 0 aliphatic carbocycles. The van der Waals surface area contributed by atoms with Crippen molar-refractivity contribution in [3.63, 3.8) is 0 Å². The van der Waals surface area contributed by atoms with E-state index < -0.39 is 5.96 Å².